The highest BCUT2D eigenvalue weighted by atomic mass is 31.2. The van der Waals surface area contributed by atoms with E-state index >= 15 is 0 Å². The molecule has 0 heterocycles. The van der Waals surface area contributed by atoms with Crippen molar-refractivity contribution in [1.82, 2.24) is 0 Å². The van der Waals surface area contributed by atoms with Gasteiger partial charge in [0.05, 0.1) is 26.4 Å². The second-order valence-corrected chi connectivity index (χ2v) is 29.8. The SMILES string of the molecule is CCCCCCCCCCCCCCCCCCCC(=O)O[C@H](COC(=O)CCCCCCCCCCCCCCC(C)C)COP(=O)(O)OC[C@@H](O)COP(=O)(O)OC[C@@H](COC(=O)CCCCCCCCCC)OC(=O)CCCCCCCCCCC(C)C. The summed E-state index contributed by atoms with van der Waals surface area (Å²) in [5.74, 6) is -0.624. The number of esters is 4. The van der Waals surface area contributed by atoms with Gasteiger partial charge in [0.15, 0.2) is 12.2 Å². The Bertz CT molecular complexity index is 1770. The average molecular weight is 1340 g/mol. The number of aliphatic hydroxyl groups is 1. The van der Waals surface area contributed by atoms with Crippen LogP contribution in [0.5, 0.6) is 0 Å². The van der Waals surface area contributed by atoms with Crippen molar-refractivity contribution < 1.29 is 80.2 Å². The number of hydrogen-bond acceptors (Lipinski definition) is 15. The predicted molar refractivity (Wildman–Crippen MR) is 368 cm³/mol. The Hall–Kier alpha value is -1.94. The summed E-state index contributed by atoms with van der Waals surface area (Å²) < 4.78 is 68.3. The lowest BCUT2D eigenvalue weighted by atomic mass is 10.0. The van der Waals surface area contributed by atoms with E-state index in [4.69, 9.17) is 37.0 Å². The van der Waals surface area contributed by atoms with Crippen LogP contribution in [0.15, 0.2) is 0 Å². The van der Waals surface area contributed by atoms with Crippen molar-refractivity contribution >= 4 is 39.5 Å². The highest BCUT2D eigenvalue weighted by molar-refractivity contribution is 7.47. The van der Waals surface area contributed by atoms with Crippen LogP contribution in [0.1, 0.15) is 369 Å². The predicted octanol–water partition coefficient (Wildman–Crippen LogP) is 20.8. The molecule has 91 heavy (non-hydrogen) atoms. The molecule has 17 nitrogen and oxygen atoms in total. The van der Waals surface area contributed by atoms with Gasteiger partial charge in [0.2, 0.25) is 0 Å². The van der Waals surface area contributed by atoms with Gasteiger partial charge in [-0.1, -0.05) is 318 Å². The maximum Gasteiger partial charge on any atom is 0.472 e. The number of phosphoric ester groups is 2. The minimum absolute atomic E-state index is 0.104. The van der Waals surface area contributed by atoms with E-state index in [0.29, 0.717) is 25.7 Å². The van der Waals surface area contributed by atoms with E-state index in [1.165, 1.54) is 180 Å². The lowest BCUT2D eigenvalue weighted by Gasteiger charge is -2.21. The standard InChI is InChI=1S/C72H140O17P2/c1-7-9-11-13-15-17-18-19-20-21-22-23-28-31-38-44-50-56-71(76)88-68(61-83-70(75)55-49-43-37-30-27-25-24-26-29-34-40-46-52-64(3)4)63-87-91(80,81)85-59-66(73)58-84-90(78,79)86-62-67(60-82-69(74)54-48-42-36-16-14-12-10-8-2)89-72(77)57-51-45-39-33-32-35-41-47-53-65(5)6/h64-68,73H,7-63H2,1-6H3,(H,78,79)(H,80,81)/t66-,67+,68+/m0/s1. The van der Waals surface area contributed by atoms with Gasteiger partial charge in [-0.3, -0.25) is 37.3 Å². The number of hydrogen-bond donors (Lipinski definition) is 3. The van der Waals surface area contributed by atoms with Crippen molar-refractivity contribution in [3.8, 4) is 0 Å². The van der Waals surface area contributed by atoms with Gasteiger partial charge in [0, 0.05) is 25.7 Å². The first-order valence-corrected chi connectivity index (χ1v) is 40.5. The lowest BCUT2D eigenvalue weighted by Crippen LogP contribution is -2.30. The minimum atomic E-state index is -4.95. The maximum atomic E-state index is 13.0. The Morgan fingerprint density at radius 1 is 0.297 bits per heavy atom. The molecule has 0 saturated carbocycles. The molecule has 5 atom stereocenters. The monoisotopic (exact) mass is 1340 g/mol. The summed E-state index contributed by atoms with van der Waals surface area (Å²) in [5, 5.41) is 10.6. The molecule has 0 saturated heterocycles. The average Bonchev–Trinajstić information content (AvgIpc) is 3.30. The second kappa shape index (κ2) is 64.1. The van der Waals surface area contributed by atoms with Gasteiger partial charge >= 0.3 is 39.5 Å². The number of unbranched alkanes of at least 4 members (excludes halogenated alkanes) is 41. The quantitative estimate of drug-likeness (QED) is 0.0222. The smallest absolute Gasteiger partial charge is 0.462 e. The number of aliphatic hydroxyl groups excluding tert-OH is 1. The summed E-state index contributed by atoms with van der Waals surface area (Å²) in [6, 6.07) is 0. The van der Waals surface area contributed by atoms with E-state index in [-0.39, 0.29) is 25.7 Å². The topological polar surface area (TPSA) is 237 Å². The van der Waals surface area contributed by atoms with Gasteiger partial charge in [-0.15, -0.1) is 0 Å². The van der Waals surface area contributed by atoms with E-state index in [0.717, 1.165) is 108 Å². The fourth-order valence-corrected chi connectivity index (χ4v) is 12.5. The lowest BCUT2D eigenvalue weighted by molar-refractivity contribution is -0.161. The Labute approximate surface area is 556 Å². The van der Waals surface area contributed by atoms with Gasteiger partial charge in [-0.2, -0.15) is 0 Å². The van der Waals surface area contributed by atoms with E-state index < -0.39 is 97.5 Å². The van der Waals surface area contributed by atoms with Crippen LogP contribution < -0.4 is 0 Å². The van der Waals surface area contributed by atoms with Gasteiger partial charge < -0.3 is 33.8 Å². The van der Waals surface area contributed by atoms with Crippen LogP contribution in [0.2, 0.25) is 0 Å². The van der Waals surface area contributed by atoms with E-state index in [2.05, 4.69) is 41.5 Å². The molecule has 0 rings (SSSR count). The zero-order valence-corrected chi connectivity index (χ0v) is 60.9. The van der Waals surface area contributed by atoms with Crippen molar-refractivity contribution in [2.24, 2.45) is 11.8 Å². The van der Waals surface area contributed by atoms with Crippen LogP contribution in [-0.2, 0) is 65.4 Å². The molecule has 2 unspecified atom stereocenters. The largest absolute Gasteiger partial charge is 0.472 e. The summed E-state index contributed by atoms with van der Waals surface area (Å²) in [5.41, 5.74) is 0. The Morgan fingerprint density at radius 2 is 0.505 bits per heavy atom. The van der Waals surface area contributed by atoms with Gasteiger partial charge in [0.1, 0.15) is 19.3 Å². The summed E-state index contributed by atoms with van der Waals surface area (Å²) in [6.07, 6.45) is 50.0. The second-order valence-electron chi connectivity index (χ2n) is 26.9. The Kier molecular flexibility index (Phi) is 62.7. The first kappa shape index (κ1) is 89.1. The third-order valence-electron chi connectivity index (χ3n) is 16.7. The van der Waals surface area contributed by atoms with Crippen molar-refractivity contribution in [1.29, 1.82) is 0 Å². The first-order valence-electron chi connectivity index (χ1n) is 37.5. The van der Waals surface area contributed by atoms with Crippen LogP contribution in [-0.4, -0.2) is 96.7 Å². The number of carbonyl (C=O) groups is 4. The van der Waals surface area contributed by atoms with Gasteiger partial charge in [-0.05, 0) is 37.5 Å². The van der Waals surface area contributed by atoms with Crippen LogP contribution >= 0.6 is 15.6 Å². The van der Waals surface area contributed by atoms with Crippen LogP contribution in [0, 0.1) is 11.8 Å². The van der Waals surface area contributed by atoms with Crippen LogP contribution in [0.25, 0.3) is 0 Å². The first-order chi connectivity index (χ1) is 43.9. The summed E-state index contributed by atoms with van der Waals surface area (Å²) in [6.45, 7) is 9.51. The van der Waals surface area contributed by atoms with Crippen molar-refractivity contribution in [2.75, 3.05) is 39.6 Å². The molecule has 0 amide bonds. The van der Waals surface area contributed by atoms with Gasteiger partial charge in [-0.25, -0.2) is 9.13 Å². The fraction of sp³-hybridized carbons (Fsp3) is 0.944. The highest BCUT2D eigenvalue weighted by Gasteiger charge is 2.30. The Morgan fingerprint density at radius 3 is 0.747 bits per heavy atom. The highest BCUT2D eigenvalue weighted by Crippen LogP contribution is 2.45. The molecule has 0 fully saturated rings. The molecule has 0 aromatic rings. The third-order valence-corrected chi connectivity index (χ3v) is 18.6. The molecule has 3 N–H and O–H groups in total. The number of carbonyl (C=O) groups excluding carboxylic acids is 4. The Balaban J connectivity index is 5.22. The summed E-state index contributed by atoms with van der Waals surface area (Å²) in [4.78, 5) is 72.5. The van der Waals surface area contributed by atoms with E-state index in [1.807, 2.05) is 0 Å². The summed E-state index contributed by atoms with van der Waals surface area (Å²) >= 11 is 0. The third kappa shape index (κ3) is 66.5. The molecular weight excluding hydrogens is 1200 g/mol. The maximum absolute atomic E-state index is 13.0. The molecule has 0 aliphatic carbocycles. The number of rotatable bonds is 71. The molecule has 0 aliphatic rings. The molecule has 0 spiro atoms. The molecule has 0 bridgehead atoms. The molecule has 540 valence electrons. The summed E-state index contributed by atoms with van der Waals surface area (Å²) in [7, 11) is -9.90. The van der Waals surface area contributed by atoms with Crippen molar-refractivity contribution in [3.63, 3.8) is 0 Å². The minimum Gasteiger partial charge on any atom is -0.462 e. The van der Waals surface area contributed by atoms with Crippen LogP contribution in [0.3, 0.4) is 0 Å². The zero-order chi connectivity index (χ0) is 67.2. The molecule has 0 aromatic carbocycles. The van der Waals surface area contributed by atoms with E-state index in [9.17, 15) is 43.2 Å². The molecule has 0 aliphatic heterocycles. The molecule has 0 aromatic heterocycles. The molecule has 0 radical (unpaired) electrons. The van der Waals surface area contributed by atoms with Crippen LogP contribution in [0.4, 0.5) is 0 Å². The molecule has 19 heteroatoms. The molecular formula is C72H140O17P2. The van der Waals surface area contributed by atoms with Gasteiger partial charge in [0.25, 0.3) is 0 Å². The zero-order valence-electron chi connectivity index (χ0n) is 59.1. The van der Waals surface area contributed by atoms with E-state index in [1.54, 1.807) is 0 Å². The number of phosphoric acid groups is 2. The normalized spacial score (nSPS) is 14.1. The van der Waals surface area contributed by atoms with Crippen molar-refractivity contribution in [3.05, 3.63) is 0 Å². The van der Waals surface area contributed by atoms with Crippen molar-refractivity contribution in [2.45, 2.75) is 387 Å². The number of ether oxygens (including phenoxy) is 4. The fourth-order valence-electron chi connectivity index (χ4n) is 10.9.